The van der Waals surface area contributed by atoms with Gasteiger partial charge in [-0.15, -0.1) is 0 Å². The number of nitrogens with zero attached hydrogens (tertiary/aromatic N) is 4. The third-order valence-corrected chi connectivity index (χ3v) is 10.5. The minimum Gasteiger partial charge on any atom is -0.347 e. The van der Waals surface area contributed by atoms with Crippen LogP contribution >= 0.6 is 0 Å². The van der Waals surface area contributed by atoms with Crippen molar-refractivity contribution in [1.29, 1.82) is 0 Å². The van der Waals surface area contributed by atoms with Crippen LogP contribution in [0.1, 0.15) is 98.0 Å². The van der Waals surface area contributed by atoms with E-state index in [0.717, 1.165) is 24.7 Å². The first-order chi connectivity index (χ1) is 26.1. The Bertz CT molecular complexity index is 1740. The number of aromatic nitrogens is 4. The summed E-state index contributed by atoms with van der Waals surface area (Å²) in [5.74, 6) is 1.81. The van der Waals surface area contributed by atoms with Crippen LogP contribution in [-0.4, -0.2) is 55.9 Å². The first-order valence-corrected chi connectivity index (χ1v) is 19.6. The average molecular weight is 708 g/mol. The lowest BCUT2D eigenvalue weighted by Crippen LogP contribution is -2.47. The number of hydrogen-bond donors (Lipinski definition) is 3. The van der Waals surface area contributed by atoms with Crippen LogP contribution in [0.2, 0.25) is 0 Å². The van der Waals surface area contributed by atoms with E-state index in [2.05, 4.69) is 161 Å². The minimum absolute atomic E-state index is 0.0810. The Hall–Kier alpha value is -4.82. The van der Waals surface area contributed by atoms with Crippen LogP contribution in [0.15, 0.2) is 140 Å². The van der Waals surface area contributed by atoms with Crippen LogP contribution < -0.4 is 5.32 Å². The third kappa shape index (κ3) is 9.22. The van der Waals surface area contributed by atoms with Crippen LogP contribution in [0, 0.1) is 0 Å². The molecule has 2 heterocycles. The second kappa shape index (κ2) is 19.3. The molecule has 276 valence electrons. The van der Waals surface area contributed by atoms with Gasteiger partial charge >= 0.3 is 0 Å². The van der Waals surface area contributed by atoms with Gasteiger partial charge in [-0.1, -0.05) is 129 Å². The Morgan fingerprint density at radius 2 is 1.13 bits per heavy atom. The molecule has 0 saturated carbocycles. The van der Waals surface area contributed by atoms with Crippen LogP contribution in [0.5, 0.6) is 0 Å². The molecular weight excluding hydrogens is 651 g/mol. The molecule has 0 fully saturated rings. The molecule has 0 spiro atoms. The van der Waals surface area contributed by atoms with Gasteiger partial charge in [0.1, 0.15) is 11.6 Å². The van der Waals surface area contributed by atoms with Crippen molar-refractivity contribution in [1.82, 2.24) is 35.1 Å². The van der Waals surface area contributed by atoms with E-state index in [9.17, 15) is 0 Å². The number of benzene rings is 4. The lowest BCUT2D eigenvalue weighted by atomic mass is 9.63. The summed E-state index contributed by atoms with van der Waals surface area (Å²) in [6.45, 7) is 13.0. The zero-order chi connectivity index (χ0) is 36.7. The molecule has 0 bridgehead atoms. The van der Waals surface area contributed by atoms with Crippen LogP contribution in [0.3, 0.4) is 0 Å². The molecule has 4 aromatic carbocycles. The maximum absolute atomic E-state index is 5.04. The third-order valence-electron chi connectivity index (χ3n) is 10.5. The molecule has 2 aromatic heterocycles. The fourth-order valence-electron chi connectivity index (χ4n) is 7.99. The molecule has 0 saturated heterocycles. The highest BCUT2D eigenvalue weighted by molar-refractivity contribution is 5.53. The summed E-state index contributed by atoms with van der Waals surface area (Å²) in [5, 5.41) is 3.69. The van der Waals surface area contributed by atoms with Crippen molar-refractivity contribution in [2.75, 3.05) is 26.2 Å². The zero-order valence-corrected chi connectivity index (χ0v) is 31.8. The van der Waals surface area contributed by atoms with Crippen molar-refractivity contribution in [3.63, 3.8) is 0 Å². The number of unbranched alkanes of at least 4 members (excludes halogenated alkanes) is 1. The molecule has 53 heavy (non-hydrogen) atoms. The average Bonchev–Trinajstić information content (AvgIpc) is 3.95. The molecule has 7 heteroatoms. The van der Waals surface area contributed by atoms with E-state index in [-0.39, 0.29) is 12.1 Å². The maximum Gasteiger partial charge on any atom is 0.125 e. The monoisotopic (exact) mass is 707 g/mol. The minimum atomic E-state index is -0.642. The van der Waals surface area contributed by atoms with E-state index in [4.69, 9.17) is 9.97 Å². The van der Waals surface area contributed by atoms with Gasteiger partial charge in [-0.25, -0.2) is 9.97 Å². The fourth-order valence-corrected chi connectivity index (χ4v) is 7.99. The standard InChI is InChI=1S/C46H57N7/c1-4-32-52(33-5-2)34-16-15-27-47-35-38-23-25-39(26-24-38)36-53(37(3)44-48-28-29-49-44)43(45-50-30-31-51-45)46(40-17-9-6-10-18-40,41-19-11-7-12-20-41)42-21-13-8-14-22-42/h6-14,17-26,28-31,37,43,47H,4-5,15-16,27,32-36H2,1-3H3,(H,48,49)(H,50,51). The zero-order valence-electron chi connectivity index (χ0n) is 31.8. The Morgan fingerprint density at radius 3 is 1.62 bits per heavy atom. The number of rotatable bonds is 21. The van der Waals surface area contributed by atoms with Crippen molar-refractivity contribution in [2.24, 2.45) is 0 Å². The number of hydrogen-bond acceptors (Lipinski definition) is 5. The smallest absolute Gasteiger partial charge is 0.125 e. The van der Waals surface area contributed by atoms with Crippen molar-refractivity contribution < 1.29 is 0 Å². The Balaban J connectivity index is 1.34. The van der Waals surface area contributed by atoms with E-state index in [1.165, 1.54) is 73.1 Å². The maximum atomic E-state index is 5.04. The largest absolute Gasteiger partial charge is 0.347 e. The first-order valence-electron chi connectivity index (χ1n) is 19.6. The fraction of sp³-hybridized carbons (Fsp3) is 0.348. The van der Waals surface area contributed by atoms with Crippen molar-refractivity contribution >= 4 is 0 Å². The van der Waals surface area contributed by atoms with Crippen molar-refractivity contribution in [2.45, 2.75) is 77.0 Å². The topological polar surface area (TPSA) is 75.9 Å². The molecule has 0 aliphatic carbocycles. The van der Waals surface area contributed by atoms with Crippen LogP contribution in [0.4, 0.5) is 0 Å². The number of imidazole rings is 2. The van der Waals surface area contributed by atoms with Crippen LogP contribution in [0.25, 0.3) is 0 Å². The van der Waals surface area contributed by atoms with Crippen molar-refractivity contribution in [3.8, 4) is 0 Å². The molecule has 0 radical (unpaired) electrons. The van der Waals surface area contributed by atoms with E-state index < -0.39 is 5.41 Å². The van der Waals surface area contributed by atoms with Gasteiger partial charge in [0, 0.05) is 37.9 Å². The molecular formula is C46H57N7. The second-order valence-electron chi connectivity index (χ2n) is 14.1. The van der Waals surface area contributed by atoms with E-state index in [0.29, 0.717) is 6.54 Å². The number of nitrogens with one attached hydrogen (secondary N) is 3. The van der Waals surface area contributed by atoms with E-state index >= 15 is 0 Å². The molecule has 2 unspecified atom stereocenters. The highest BCUT2D eigenvalue weighted by atomic mass is 15.2. The lowest BCUT2D eigenvalue weighted by Gasteiger charge is -2.48. The summed E-state index contributed by atoms with van der Waals surface area (Å²) in [6.07, 6.45) is 12.5. The molecule has 0 aliphatic rings. The lowest BCUT2D eigenvalue weighted by molar-refractivity contribution is 0.0875. The molecule has 0 aliphatic heterocycles. The predicted octanol–water partition coefficient (Wildman–Crippen LogP) is 9.46. The highest BCUT2D eigenvalue weighted by Crippen LogP contribution is 2.52. The highest BCUT2D eigenvalue weighted by Gasteiger charge is 2.50. The van der Waals surface area contributed by atoms with Gasteiger partial charge in [0.25, 0.3) is 0 Å². The summed E-state index contributed by atoms with van der Waals surface area (Å²) < 4.78 is 0. The number of H-pyrrole nitrogens is 2. The van der Waals surface area contributed by atoms with Gasteiger partial charge in [-0.05, 0) is 86.6 Å². The van der Waals surface area contributed by atoms with Crippen LogP contribution in [-0.2, 0) is 18.5 Å². The SMILES string of the molecule is CCCN(CCC)CCCCNCc1ccc(CN(C(C)c2ncc[nH]2)C(c2ncc[nH]2)C(c2ccccc2)(c2ccccc2)c2ccccc2)cc1. The molecule has 6 aromatic rings. The van der Waals surface area contributed by atoms with Gasteiger partial charge in [0.05, 0.1) is 17.5 Å². The molecule has 6 rings (SSSR count). The Labute approximate surface area is 316 Å². The predicted molar refractivity (Wildman–Crippen MR) is 217 cm³/mol. The summed E-state index contributed by atoms with van der Waals surface area (Å²) in [5.41, 5.74) is 5.48. The summed E-state index contributed by atoms with van der Waals surface area (Å²) in [7, 11) is 0. The molecule has 0 amide bonds. The van der Waals surface area contributed by atoms with Gasteiger partial charge in [0.2, 0.25) is 0 Å². The van der Waals surface area contributed by atoms with Gasteiger partial charge in [0.15, 0.2) is 0 Å². The second-order valence-corrected chi connectivity index (χ2v) is 14.1. The van der Waals surface area contributed by atoms with Gasteiger partial charge in [-0.2, -0.15) is 0 Å². The van der Waals surface area contributed by atoms with Crippen molar-refractivity contribution in [3.05, 3.63) is 180 Å². The summed E-state index contributed by atoms with van der Waals surface area (Å²) in [4.78, 5) is 22.1. The Morgan fingerprint density at radius 1 is 0.623 bits per heavy atom. The molecule has 2 atom stereocenters. The Kier molecular flexibility index (Phi) is 13.8. The summed E-state index contributed by atoms with van der Waals surface area (Å²) in [6, 6.07) is 41.6. The number of aromatic amines is 2. The molecule has 7 nitrogen and oxygen atoms in total. The van der Waals surface area contributed by atoms with Gasteiger partial charge in [-0.3, -0.25) is 4.90 Å². The summed E-state index contributed by atoms with van der Waals surface area (Å²) >= 11 is 0. The normalized spacial score (nSPS) is 13.1. The van der Waals surface area contributed by atoms with E-state index in [1.807, 2.05) is 24.8 Å². The van der Waals surface area contributed by atoms with Gasteiger partial charge < -0.3 is 20.2 Å². The molecule has 3 N–H and O–H groups in total. The first kappa shape index (κ1) is 37.9. The van der Waals surface area contributed by atoms with E-state index in [1.54, 1.807) is 0 Å². The quantitative estimate of drug-likeness (QED) is 0.0514.